The lowest BCUT2D eigenvalue weighted by Gasteiger charge is -2.26. The summed E-state index contributed by atoms with van der Waals surface area (Å²) in [5.41, 5.74) is 6.84. The van der Waals surface area contributed by atoms with Gasteiger partial charge in [-0.1, -0.05) is 24.3 Å². The zero-order valence-electron chi connectivity index (χ0n) is 13.8. The number of nitrogens with one attached hydrogen (secondary N) is 1. The number of amides is 1. The standard InChI is InChI=1S/C18H20N3O3S/c19-18(22)14-7-9-16(10-8-14)25(23,24)20-17-6-2-1-5-15(17)13-21-11-3-4-12-21/h1-2,5-10H,3-4,11-13H2,(H2,19,22)/q-1/p+1. The molecule has 2 aromatic carbocycles. The molecule has 25 heavy (non-hydrogen) atoms. The van der Waals surface area contributed by atoms with E-state index in [-0.39, 0.29) is 10.5 Å². The molecule has 0 atom stereocenters. The SMILES string of the molecule is NC(=O)c1ccc(S(=O)(=O)[N-]c2ccccc2C[NH+]2CCCC2)cc1. The molecule has 0 aliphatic carbocycles. The fraction of sp³-hybridized carbons (Fsp3) is 0.278. The van der Waals surface area contributed by atoms with Crippen LogP contribution in [0.2, 0.25) is 0 Å². The van der Waals surface area contributed by atoms with Gasteiger partial charge in [-0.15, -0.1) is 5.69 Å². The molecule has 3 rings (SSSR count). The maximum Gasteiger partial charge on any atom is 0.248 e. The highest BCUT2D eigenvalue weighted by Crippen LogP contribution is 2.30. The van der Waals surface area contributed by atoms with Crippen LogP contribution >= 0.6 is 0 Å². The molecular weight excluding hydrogens is 338 g/mol. The molecule has 0 spiro atoms. The van der Waals surface area contributed by atoms with Crippen LogP contribution in [0.5, 0.6) is 0 Å². The second kappa shape index (κ2) is 7.25. The van der Waals surface area contributed by atoms with E-state index < -0.39 is 15.9 Å². The predicted molar refractivity (Wildman–Crippen MR) is 95.2 cm³/mol. The van der Waals surface area contributed by atoms with Gasteiger partial charge < -0.3 is 15.4 Å². The van der Waals surface area contributed by atoms with Crippen molar-refractivity contribution >= 4 is 21.6 Å². The van der Waals surface area contributed by atoms with Crippen molar-refractivity contribution in [1.82, 2.24) is 0 Å². The van der Waals surface area contributed by atoms with Crippen molar-refractivity contribution in [1.29, 1.82) is 0 Å². The molecule has 7 heteroatoms. The van der Waals surface area contributed by atoms with Crippen LogP contribution in [-0.2, 0) is 16.6 Å². The van der Waals surface area contributed by atoms with Crippen molar-refractivity contribution in [3.05, 3.63) is 64.4 Å². The molecule has 1 amide bonds. The largest absolute Gasteiger partial charge is 0.572 e. The van der Waals surface area contributed by atoms with E-state index in [1.807, 2.05) is 12.1 Å². The summed E-state index contributed by atoms with van der Waals surface area (Å²) >= 11 is 0. The number of primary amides is 1. The minimum absolute atomic E-state index is 0.0424. The van der Waals surface area contributed by atoms with Crippen LogP contribution in [-0.4, -0.2) is 27.4 Å². The van der Waals surface area contributed by atoms with E-state index in [0.717, 1.165) is 25.2 Å². The Labute approximate surface area is 147 Å². The number of rotatable bonds is 6. The molecule has 132 valence electrons. The summed E-state index contributed by atoms with van der Waals surface area (Å²) in [5, 5.41) is 0. The van der Waals surface area contributed by atoms with Gasteiger partial charge in [-0.3, -0.25) is 4.79 Å². The van der Waals surface area contributed by atoms with Gasteiger partial charge >= 0.3 is 0 Å². The minimum Gasteiger partial charge on any atom is -0.572 e. The Morgan fingerprint density at radius 1 is 1.04 bits per heavy atom. The van der Waals surface area contributed by atoms with Gasteiger partial charge in [-0.2, -0.15) is 0 Å². The maximum absolute atomic E-state index is 12.6. The molecule has 3 N–H and O–H groups in total. The zero-order valence-corrected chi connectivity index (χ0v) is 14.6. The molecule has 0 saturated carbocycles. The first-order chi connectivity index (χ1) is 12.0. The molecule has 0 aromatic heterocycles. The Morgan fingerprint density at radius 3 is 2.32 bits per heavy atom. The number of likely N-dealkylation sites (tertiary alicyclic amines) is 1. The summed E-state index contributed by atoms with van der Waals surface area (Å²) in [5.74, 6) is -0.597. The van der Waals surface area contributed by atoms with Gasteiger partial charge in [-0.05, 0) is 29.8 Å². The third kappa shape index (κ3) is 4.18. The van der Waals surface area contributed by atoms with Crippen LogP contribution in [0.3, 0.4) is 0 Å². The van der Waals surface area contributed by atoms with Crippen LogP contribution in [0.25, 0.3) is 4.72 Å². The summed E-state index contributed by atoms with van der Waals surface area (Å²) < 4.78 is 29.2. The quantitative estimate of drug-likeness (QED) is 0.815. The molecule has 2 aromatic rings. The van der Waals surface area contributed by atoms with E-state index in [0.29, 0.717) is 5.69 Å². The molecule has 6 nitrogen and oxygen atoms in total. The molecule has 0 unspecified atom stereocenters. The van der Waals surface area contributed by atoms with Gasteiger partial charge in [0.15, 0.2) is 0 Å². The second-order valence-corrected chi connectivity index (χ2v) is 7.82. The highest BCUT2D eigenvalue weighted by molar-refractivity contribution is 7.94. The van der Waals surface area contributed by atoms with Gasteiger partial charge in [0.05, 0.1) is 18.0 Å². The van der Waals surface area contributed by atoms with Crippen LogP contribution in [0, 0.1) is 0 Å². The highest BCUT2D eigenvalue weighted by Gasteiger charge is 2.16. The van der Waals surface area contributed by atoms with E-state index in [1.165, 1.54) is 42.0 Å². The summed E-state index contributed by atoms with van der Waals surface area (Å²) in [6, 6.07) is 12.8. The lowest BCUT2D eigenvalue weighted by Crippen LogP contribution is -3.08. The number of nitrogens with zero attached hydrogens (tertiary/aromatic N) is 1. The van der Waals surface area contributed by atoms with Crippen molar-refractivity contribution in [3.63, 3.8) is 0 Å². The Kier molecular flexibility index (Phi) is 5.06. The minimum atomic E-state index is -3.85. The molecule has 0 bridgehead atoms. The Bertz CT molecular complexity index is 857. The Hall–Kier alpha value is -2.38. The monoisotopic (exact) mass is 359 g/mol. The first kappa shape index (κ1) is 17.4. The summed E-state index contributed by atoms with van der Waals surface area (Å²) in [6.45, 7) is 2.99. The number of quaternary nitrogens is 1. The van der Waals surface area contributed by atoms with Crippen LogP contribution in [0.15, 0.2) is 53.4 Å². The van der Waals surface area contributed by atoms with E-state index in [1.54, 1.807) is 12.1 Å². The first-order valence-electron chi connectivity index (χ1n) is 8.25. The Balaban J connectivity index is 1.81. The van der Waals surface area contributed by atoms with Crippen molar-refractivity contribution in [2.24, 2.45) is 5.73 Å². The molecule has 1 heterocycles. The van der Waals surface area contributed by atoms with E-state index in [9.17, 15) is 13.2 Å². The average Bonchev–Trinajstić information content (AvgIpc) is 3.09. The molecule has 1 aliphatic heterocycles. The third-order valence-electron chi connectivity index (χ3n) is 4.40. The number of carbonyl (C=O) groups is 1. The normalized spacial score (nSPS) is 15.2. The topological polar surface area (TPSA) is 95.8 Å². The fourth-order valence-corrected chi connectivity index (χ4v) is 4.07. The van der Waals surface area contributed by atoms with Gasteiger partial charge in [0.1, 0.15) is 16.6 Å². The molecule has 1 aliphatic rings. The maximum atomic E-state index is 12.6. The van der Waals surface area contributed by atoms with Gasteiger partial charge in [0, 0.05) is 18.4 Å². The van der Waals surface area contributed by atoms with Gasteiger partial charge in [-0.25, -0.2) is 8.42 Å². The Morgan fingerprint density at radius 2 is 1.68 bits per heavy atom. The summed E-state index contributed by atoms with van der Waals surface area (Å²) in [4.78, 5) is 12.6. The van der Waals surface area contributed by atoms with E-state index >= 15 is 0 Å². The molecule has 1 fully saturated rings. The fourth-order valence-electron chi connectivity index (χ4n) is 3.04. The van der Waals surface area contributed by atoms with Gasteiger partial charge in [0.2, 0.25) is 5.91 Å². The first-order valence-corrected chi connectivity index (χ1v) is 9.69. The van der Waals surface area contributed by atoms with Crippen molar-refractivity contribution in [2.45, 2.75) is 24.3 Å². The highest BCUT2D eigenvalue weighted by atomic mass is 32.2. The average molecular weight is 359 g/mol. The van der Waals surface area contributed by atoms with Crippen molar-refractivity contribution in [3.8, 4) is 0 Å². The van der Waals surface area contributed by atoms with Crippen LogP contribution in [0.4, 0.5) is 5.69 Å². The number of hydrogen-bond donors (Lipinski definition) is 2. The smallest absolute Gasteiger partial charge is 0.248 e. The number of benzene rings is 2. The van der Waals surface area contributed by atoms with Crippen LogP contribution < -0.4 is 10.6 Å². The number of nitrogens with two attached hydrogens (primary N) is 1. The van der Waals surface area contributed by atoms with Gasteiger partial charge in [0.25, 0.3) is 0 Å². The molecular formula is C18H21N3O3S. The molecule has 0 radical (unpaired) electrons. The zero-order chi connectivity index (χ0) is 17.9. The number of hydrogen-bond acceptors (Lipinski definition) is 3. The van der Waals surface area contributed by atoms with Crippen molar-refractivity contribution in [2.75, 3.05) is 13.1 Å². The molecule has 1 saturated heterocycles. The lowest BCUT2D eigenvalue weighted by atomic mass is 10.2. The second-order valence-electron chi connectivity index (χ2n) is 6.22. The lowest BCUT2D eigenvalue weighted by molar-refractivity contribution is -0.901. The summed E-state index contributed by atoms with van der Waals surface area (Å²) in [6.07, 6.45) is 2.41. The third-order valence-corrected chi connectivity index (χ3v) is 5.70. The van der Waals surface area contributed by atoms with E-state index in [4.69, 9.17) is 5.73 Å². The van der Waals surface area contributed by atoms with Crippen molar-refractivity contribution < 1.29 is 18.1 Å². The number of carbonyl (C=O) groups excluding carboxylic acids is 1. The summed E-state index contributed by atoms with van der Waals surface area (Å²) in [7, 11) is -3.85. The van der Waals surface area contributed by atoms with E-state index in [2.05, 4.69) is 4.72 Å². The van der Waals surface area contributed by atoms with Crippen LogP contribution in [0.1, 0.15) is 28.8 Å². The number of sulfonamides is 1. The predicted octanol–water partition coefficient (Wildman–Crippen LogP) is 1.36.